The zero-order chi connectivity index (χ0) is 11.1. The van der Waals surface area contributed by atoms with Crippen molar-refractivity contribution >= 4 is 5.69 Å². The van der Waals surface area contributed by atoms with E-state index in [1.54, 1.807) is 4.90 Å². The van der Waals surface area contributed by atoms with Gasteiger partial charge < -0.3 is 4.90 Å². The number of hydrogen-bond acceptors (Lipinski definition) is 1. The smallest absolute Gasteiger partial charge is 0.266 e. The Bertz CT molecular complexity index is 374. The summed E-state index contributed by atoms with van der Waals surface area (Å²) in [6, 6.07) is 5.98. The molecule has 0 unspecified atom stereocenters. The third-order valence-electron chi connectivity index (χ3n) is 2.87. The van der Waals surface area contributed by atoms with Crippen LogP contribution < -0.4 is 4.90 Å². The maximum atomic E-state index is 13.1. The Hall–Kier alpha value is -1.12. The largest absolute Gasteiger partial charge is 0.365 e. The zero-order valence-corrected chi connectivity index (χ0v) is 9.06. The van der Waals surface area contributed by atoms with Crippen molar-refractivity contribution in [2.45, 2.75) is 26.2 Å². The number of halogens is 2. The lowest BCUT2D eigenvalue weighted by molar-refractivity contribution is 0.0257. The van der Waals surface area contributed by atoms with Gasteiger partial charge in [-0.15, -0.1) is 0 Å². The number of rotatable bonds is 1. The molecule has 15 heavy (non-hydrogen) atoms. The maximum Gasteiger partial charge on any atom is 0.266 e. The Kier molecular flexibility index (Phi) is 2.41. The molecular formula is C12H15F2N. The van der Waals surface area contributed by atoms with Crippen molar-refractivity contribution in [3.8, 4) is 0 Å². The van der Waals surface area contributed by atoms with Crippen LogP contribution >= 0.6 is 0 Å². The van der Waals surface area contributed by atoms with Gasteiger partial charge in [0.05, 0.1) is 6.54 Å². The van der Waals surface area contributed by atoms with E-state index in [0.29, 0.717) is 6.54 Å². The van der Waals surface area contributed by atoms with E-state index >= 15 is 0 Å². The van der Waals surface area contributed by atoms with E-state index in [1.807, 2.05) is 32.0 Å². The molecule has 0 radical (unpaired) electrons. The van der Waals surface area contributed by atoms with Gasteiger partial charge in [0.15, 0.2) is 0 Å². The highest BCUT2D eigenvalue weighted by atomic mass is 19.3. The first-order valence-corrected chi connectivity index (χ1v) is 5.18. The molecule has 1 heterocycles. The fraction of sp³-hybridized carbons (Fsp3) is 0.500. The lowest BCUT2D eigenvalue weighted by Gasteiger charge is -2.21. The van der Waals surface area contributed by atoms with Gasteiger partial charge in [0.1, 0.15) is 0 Å². The molecule has 82 valence electrons. The van der Waals surface area contributed by atoms with Crippen LogP contribution in [0.5, 0.6) is 0 Å². The van der Waals surface area contributed by atoms with Crippen LogP contribution in [0.15, 0.2) is 18.2 Å². The van der Waals surface area contributed by atoms with Gasteiger partial charge in [0, 0.05) is 18.7 Å². The highest BCUT2D eigenvalue weighted by Crippen LogP contribution is 2.32. The molecule has 0 spiro atoms. The molecule has 1 aliphatic heterocycles. The second-order valence-electron chi connectivity index (χ2n) is 4.32. The lowest BCUT2D eigenvalue weighted by Crippen LogP contribution is -2.25. The molecule has 0 aliphatic carbocycles. The summed E-state index contributed by atoms with van der Waals surface area (Å²) in [4.78, 5) is 1.78. The summed E-state index contributed by atoms with van der Waals surface area (Å²) in [5, 5.41) is 0. The topological polar surface area (TPSA) is 3.24 Å². The number of aryl methyl sites for hydroxylation is 2. The van der Waals surface area contributed by atoms with Crippen molar-refractivity contribution in [2.75, 3.05) is 18.0 Å². The summed E-state index contributed by atoms with van der Waals surface area (Å²) in [6.07, 6.45) is -0.0274. The summed E-state index contributed by atoms with van der Waals surface area (Å²) < 4.78 is 26.1. The molecule has 1 aromatic carbocycles. The Morgan fingerprint density at radius 1 is 1.27 bits per heavy atom. The average Bonchev–Trinajstić information content (AvgIpc) is 2.50. The van der Waals surface area contributed by atoms with Crippen LogP contribution in [0.4, 0.5) is 14.5 Å². The van der Waals surface area contributed by atoms with Gasteiger partial charge in [-0.05, 0) is 31.0 Å². The van der Waals surface area contributed by atoms with Gasteiger partial charge in [0.2, 0.25) is 0 Å². The van der Waals surface area contributed by atoms with E-state index in [4.69, 9.17) is 0 Å². The summed E-state index contributed by atoms with van der Waals surface area (Å²) in [5.41, 5.74) is 3.14. The van der Waals surface area contributed by atoms with Gasteiger partial charge in [-0.2, -0.15) is 0 Å². The van der Waals surface area contributed by atoms with Gasteiger partial charge in [-0.1, -0.05) is 12.1 Å². The van der Waals surface area contributed by atoms with Gasteiger partial charge in [0.25, 0.3) is 5.92 Å². The molecule has 1 aliphatic rings. The Balaban J connectivity index is 2.27. The van der Waals surface area contributed by atoms with E-state index in [-0.39, 0.29) is 13.0 Å². The van der Waals surface area contributed by atoms with E-state index in [2.05, 4.69) is 0 Å². The fourth-order valence-electron chi connectivity index (χ4n) is 2.00. The summed E-state index contributed by atoms with van der Waals surface area (Å²) in [7, 11) is 0. The Morgan fingerprint density at radius 2 is 2.00 bits per heavy atom. The zero-order valence-electron chi connectivity index (χ0n) is 9.06. The van der Waals surface area contributed by atoms with Crippen molar-refractivity contribution in [2.24, 2.45) is 0 Å². The summed E-state index contributed by atoms with van der Waals surface area (Å²) in [6.45, 7) is 4.26. The molecule has 1 nitrogen and oxygen atoms in total. The molecule has 0 N–H and O–H groups in total. The van der Waals surface area contributed by atoms with E-state index in [1.165, 1.54) is 0 Å². The second kappa shape index (κ2) is 3.47. The SMILES string of the molecule is Cc1ccc(C)c(N2CCC(F)(F)C2)c1. The van der Waals surface area contributed by atoms with Crippen LogP contribution in [0.1, 0.15) is 17.5 Å². The van der Waals surface area contributed by atoms with Crippen molar-refractivity contribution in [3.63, 3.8) is 0 Å². The van der Waals surface area contributed by atoms with Crippen LogP contribution in [-0.4, -0.2) is 19.0 Å². The highest BCUT2D eigenvalue weighted by Gasteiger charge is 2.38. The third kappa shape index (κ3) is 2.11. The molecule has 3 heteroatoms. The van der Waals surface area contributed by atoms with Crippen LogP contribution in [-0.2, 0) is 0 Å². The molecule has 2 rings (SSSR count). The Morgan fingerprint density at radius 3 is 2.60 bits per heavy atom. The standard InChI is InChI=1S/C12H15F2N/c1-9-3-4-10(2)11(7-9)15-6-5-12(13,14)8-15/h3-4,7H,5-6,8H2,1-2H3. The average molecular weight is 211 g/mol. The van der Waals surface area contributed by atoms with Gasteiger partial charge in [-0.3, -0.25) is 0 Å². The van der Waals surface area contributed by atoms with E-state index < -0.39 is 5.92 Å². The minimum atomic E-state index is -2.52. The van der Waals surface area contributed by atoms with Crippen LogP contribution in [0.3, 0.4) is 0 Å². The molecule has 0 amide bonds. The Labute approximate surface area is 88.7 Å². The van der Waals surface area contributed by atoms with E-state index in [9.17, 15) is 8.78 Å². The molecule has 0 aromatic heterocycles. The van der Waals surface area contributed by atoms with Crippen molar-refractivity contribution in [1.82, 2.24) is 0 Å². The number of nitrogens with zero attached hydrogens (tertiary/aromatic N) is 1. The maximum absolute atomic E-state index is 13.1. The van der Waals surface area contributed by atoms with Gasteiger partial charge >= 0.3 is 0 Å². The van der Waals surface area contributed by atoms with Crippen molar-refractivity contribution in [3.05, 3.63) is 29.3 Å². The fourth-order valence-corrected chi connectivity index (χ4v) is 2.00. The molecule has 0 bridgehead atoms. The van der Waals surface area contributed by atoms with Crippen molar-refractivity contribution < 1.29 is 8.78 Å². The van der Waals surface area contributed by atoms with Crippen LogP contribution in [0, 0.1) is 13.8 Å². The molecule has 1 saturated heterocycles. The third-order valence-corrected chi connectivity index (χ3v) is 2.87. The van der Waals surface area contributed by atoms with Crippen molar-refractivity contribution in [1.29, 1.82) is 0 Å². The predicted molar refractivity (Wildman–Crippen MR) is 57.7 cm³/mol. The van der Waals surface area contributed by atoms with Crippen LogP contribution in [0.25, 0.3) is 0 Å². The highest BCUT2D eigenvalue weighted by molar-refractivity contribution is 5.55. The summed E-state index contributed by atoms with van der Waals surface area (Å²) >= 11 is 0. The molecule has 0 saturated carbocycles. The number of alkyl halides is 2. The number of hydrogen-bond donors (Lipinski definition) is 0. The lowest BCUT2D eigenvalue weighted by atomic mass is 10.1. The molecule has 0 atom stereocenters. The van der Waals surface area contributed by atoms with E-state index in [0.717, 1.165) is 16.8 Å². The first-order chi connectivity index (χ1) is 6.98. The first kappa shape index (κ1) is 10.4. The molecular weight excluding hydrogens is 196 g/mol. The number of anilines is 1. The second-order valence-corrected chi connectivity index (χ2v) is 4.32. The monoisotopic (exact) mass is 211 g/mol. The molecule has 1 fully saturated rings. The normalized spacial score (nSPS) is 19.6. The number of benzene rings is 1. The predicted octanol–water partition coefficient (Wildman–Crippen LogP) is 3.15. The quantitative estimate of drug-likeness (QED) is 0.689. The first-order valence-electron chi connectivity index (χ1n) is 5.18. The molecule has 1 aromatic rings. The minimum Gasteiger partial charge on any atom is -0.365 e. The van der Waals surface area contributed by atoms with Gasteiger partial charge in [-0.25, -0.2) is 8.78 Å². The summed E-state index contributed by atoms with van der Waals surface area (Å²) in [5.74, 6) is -2.52. The minimum absolute atomic E-state index is 0.0274. The van der Waals surface area contributed by atoms with Crippen LogP contribution in [0.2, 0.25) is 0 Å².